The van der Waals surface area contributed by atoms with Crippen LogP contribution in [0.5, 0.6) is 0 Å². The molecule has 3 rings (SSSR count). The highest BCUT2D eigenvalue weighted by Crippen LogP contribution is 2.27. The third kappa shape index (κ3) is 3.26. The highest BCUT2D eigenvalue weighted by Gasteiger charge is 2.17. The second kappa shape index (κ2) is 6.70. The van der Waals surface area contributed by atoms with E-state index in [1.807, 2.05) is 13.0 Å². The molecule has 8 heteroatoms. The first-order valence-corrected chi connectivity index (χ1v) is 10.4. The fraction of sp³-hybridized carbons (Fsp3) is 0.188. The lowest BCUT2D eigenvalue weighted by Gasteiger charge is -2.10. The average Bonchev–Trinajstić information content (AvgIpc) is 2.85. The monoisotopic (exact) mass is 426 g/mol. The molecule has 0 aliphatic carbocycles. The number of para-hydroxylation sites is 1. The molecule has 2 aromatic carbocycles. The smallest absolute Gasteiger partial charge is 0.299 e. The van der Waals surface area contributed by atoms with Crippen LogP contribution < -0.4 is 9.60 Å². The fourth-order valence-electron chi connectivity index (χ4n) is 2.40. The Balaban J connectivity index is 2.02. The topological polar surface area (TPSA) is 68.2 Å². The molecule has 0 saturated heterocycles. The molecular weight excluding hydrogens is 412 g/mol. The van der Waals surface area contributed by atoms with Crippen LogP contribution in [0.25, 0.3) is 10.2 Å². The summed E-state index contributed by atoms with van der Waals surface area (Å²) in [5, 5.41) is 0. The maximum Gasteiger partial charge on any atom is 0.308 e. The van der Waals surface area contributed by atoms with Gasteiger partial charge in [0, 0.05) is 11.0 Å². The van der Waals surface area contributed by atoms with Crippen molar-refractivity contribution >= 4 is 53.2 Å². The van der Waals surface area contributed by atoms with E-state index in [9.17, 15) is 13.2 Å². The van der Waals surface area contributed by atoms with E-state index in [1.54, 1.807) is 34.9 Å². The Labute approximate surface area is 152 Å². The number of nitrogens with zero attached hydrogens (tertiary/aromatic N) is 1. The molecule has 5 nitrogen and oxygen atoms in total. The number of anilines is 1. The predicted octanol–water partition coefficient (Wildman–Crippen LogP) is 4.04. The van der Waals surface area contributed by atoms with Crippen molar-refractivity contribution in [2.24, 2.45) is 0 Å². The van der Waals surface area contributed by atoms with Crippen molar-refractivity contribution < 1.29 is 8.42 Å². The van der Waals surface area contributed by atoms with Crippen molar-refractivity contribution in [2.75, 3.05) is 4.72 Å². The van der Waals surface area contributed by atoms with E-state index in [0.29, 0.717) is 21.4 Å². The van der Waals surface area contributed by atoms with Crippen molar-refractivity contribution in [3.05, 3.63) is 56.6 Å². The molecule has 3 aromatic rings. The van der Waals surface area contributed by atoms with Gasteiger partial charge < -0.3 is 0 Å². The van der Waals surface area contributed by atoms with Crippen LogP contribution in [-0.4, -0.2) is 13.0 Å². The van der Waals surface area contributed by atoms with Crippen LogP contribution in [0.2, 0.25) is 0 Å². The predicted molar refractivity (Wildman–Crippen MR) is 101 cm³/mol. The molecule has 0 unspecified atom stereocenters. The number of hydrogen-bond acceptors (Lipinski definition) is 4. The second-order valence-corrected chi connectivity index (χ2v) is 8.76. The molecule has 0 aliphatic rings. The van der Waals surface area contributed by atoms with E-state index in [2.05, 4.69) is 20.7 Å². The summed E-state index contributed by atoms with van der Waals surface area (Å²) in [6.45, 7) is 2.62. The highest BCUT2D eigenvalue weighted by molar-refractivity contribution is 9.10. The standard InChI is InChI=1S/C16H15BrN2O3S2/c1-2-9-19-14-8-7-11(10-15(14)23-16(19)20)24(21,22)18-13-6-4-3-5-12(13)17/h3-8,10,18H,2,9H2,1H3. The lowest BCUT2D eigenvalue weighted by Crippen LogP contribution is -2.13. The first kappa shape index (κ1) is 17.2. The lowest BCUT2D eigenvalue weighted by molar-refractivity contribution is 0.601. The van der Waals surface area contributed by atoms with Gasteiger partial charge in [-0.1, -0.05) is 30.4 Å². The van der Waals surface area contributed by atoms with E-state index < -0.39 is 10.0 Å². The molecule has 0 spiro atoms. The quantitative estimate of drug-likeness (QED) is 0.669. The molecular formula is C16H15BrN2O3S2. The third-order valence-corrected chi connectivity index (χ3v) is 6.51. The Morgan fingerprint density at radius 2 is 1.96 bits per heavy atom. The Bertz CT molecular complexity index is 1050. The van der Waals surface area contributed by atoms with Crippen molar-refractivity contribution in [1.29, 1.82) is 0 Å². The average molecular weight is 427 g/mol. The third-order valence-electron chi connectivity index (χ3n) is 3.52. The molecule has 0 saturated carbocycles. The van der Waals surface area contributed by atoms with Gasteiger partial charge in [0.15, 0.2) is 0 Å². The minimum absolute atomic E-state index is 0.0693. The molecule has 0 amide bonds. The maximum atomic E-state index is 12.6. The number of nitrogens with one attached hydrogen (secondary N) is 1. The Morgan fingerprint density at radius 1 is 1.21 bits per heavy atom. The zero-order valence-electron chi connectivity index (χ0n) is 12.8. The summed E-state index contributed by atoms with van der Waals surface area (Å²) >= 11 is 4.39. The van der Waals surface area contributed by atoms with Crippen LogP contribution in [0.3, 0.4) is 0 Å². The fourth-order valence-corrected chi connectivity index (χ4v) is 5.05. The lowest BCUT2D eigenvalue weighted by atomic mass is 10.3. The van der Waals surface area contributed by atoms with E-state index in [0.717, 1.165) is 23.3 Å². The van der Waals surface area contributed by atoms with Crippen LogP contribution in [0.4, 0.5) is 5.69 Å². The van der Waals surface area contributed by atoms with Crippen LogP contribution in [0.1, 0.15) is 13.3 Å². The van der Waals surface area contributed by atoms with Gasteiger partial charge >= 0.3 is 4.87 Å². The largest absolute Gasteiger partial charge is 0.308 e. The van der Waals surface area contributed by atoms with E-state index >= 15 is 0 Å². The van der Waals surface area contributed by atoms with Gasteiger partial charge in [-0.2, -0.15) is 0 Å². The SMILES string of the molecule is CCCn1c(=O)sc2cc(S(=O)(=O)Nc3ccccc3Br)ccc21. The summed E-state index contributed by atoms with van der Waals surface area (Å²) in [6, 6.07) is 11.8. The zero-order valence-corrected chi connectivity index (χ0v) is 16.0. The molecule has 126 valence electrons. The first-order chi connectivity index (χ1) is 11.4. The van der Waals surface area contributed by atoms with Gasteiger partial charge in [-0.15, -0.1) is 0 Å². The van der Waals surface area contributed by atoms with Gasteiger partial charge in [-0.25, -0.2) is 8.42 Å². The number of aromatic nitrogens is 1. The van der Waals surface area contributed by atoms with Gasteiger partial charge in [0.25, 0.3) is 10.0 Å². The van der Waals surface area contributed by atoms with Crippen LogP contribution in [0, 0.1) is 0 Å². The Kier molecular flexibility index (Phi) is 4.80. The summed E-state index contributed by atoms with van der Waals surface area (Å²) in [5.74, 6) is 0. The molecule has 1 N–H and O–H groups in total. The number of benzene rings is 2. The van der Waals surface area contributed by atoms with Gasteiger partial charge in [0.05, 0.1) is 20.8 Å². The van der Waals surface area contributed by atoms with Crippen molar-refractivity contribution in [1.82, 2.24) is 4.57 Å². The minimum atomic E-state index is -3.73. The summed E-state index contributed by atoms with van der Waals surface area (Å²) in [6.07, 6.45) is 0.843. The highest BCUT2D eigenvalue weighted by atomic mass is 79.9. The van der Waals surface area contributed by atoms with Gasteiger partial charge in [0.2, 0.25) is 0 Å². The second-order valence-electron chi connectivity index (χ2n) is 5.23. The summed E-state index contributed by atoms with van der Waals surface area (Å²) in [4.78, 5) is 12.1. The number of fused-ring (bicyclic) bond motifs is 1. The van der Waals surface area contributed by atoms with Crippen molar-refractivity contribution in [3.8, 4) is 0 Å². The molecule has 1 aromatic heterocycles. The molecule has 1 heterocycles. The van der Waals surface area contributed by atoms with E-state index in [1.165, 1.54) is 6.07 Å². The first-order valence-electron chi connectivity index (χ1n) is 7.33. The molecule has 0 atom stereocenters. The van der Waals surface area contributed by atoms with Gasteiger partial charge in [0.1, 0.15) is 0 Å². The van der Waals surface area contributed by atoms with Crippen LogP contribution in [0.15, 0.2) is 56.6 Å². The number of hydrogen-bond donors (Lipinski definition) is 1. The van der Waals surface area contributed by atoms with Crippen molar-refractivity contribution in [3.63, 3.8) is 0 Å². The summed E-state index contributed by atoms with van der Waals surface area (Å²) in [5.41, 5.74) is 1.24. The number of rotatable bonds is 5. The van der Waals surface area contributed by atoms with Crippen LogP contribution >= 0.6 is 27.3 Å². The Hall–Kier alpha value is -1.64. The molecule has 24 heavy (non-hydrogen) atoms. The van der Waals surface area contributed by atoms with Gasteiger partial charge in [-0.3, -0.25) is 14.1 Å². The molecule has 0 fully saturated rings. The molecule has 0 aliphatic heterocycles. The number of thiazole rings is 1. The number of sulfonamides is 1. The van der Waals surface area contributed by atoms with Crippen LogP contribution in [-0.2, 0) is 16.6 Å². The maximum absolute atomic E-state index is 12.6. The number of aryl methyl sites for hydroxylation is 1. The minimum Gasteiger partial charge on any atom is -0.299 e. The summed E-state index contributed by atoms with van der Waals surface area (Å²) < 4.78 is 30.8. The Morgan fingerprint density at radius 3 is 2.67 bits per heavy atom. The van der Waals surface area contributed by atoms with Crippen molar-refractivity contribution in [2.45, 2.75) is 24.8 Å². The molecule has 0 bridgehead atoms. The molecule has 0 radical (unpaired) electrons. The summed E-state index contributed by atoms with van der Waals surface area (Å²) in [7, 11) is -3.73. The van der Waals surface area contributed by atoms with E-state index in [-0.39, 0.29) is 9.77 Å². The number of halogens is 1. The zero-order chi connectivity index (χ0) is 17.3. The normalized spacial score (nSPS) is 11.8. The van der Waals surface area contributed by atoms with Gasteiger partial charge in [-0.05, 0) is 52.7 Å². The van der Waals surface area contributed by atoms with E-state index in [4.69, 9.17) is 0 Å².